The maximum atomic E-state index is 11.6. The molecule has 1 saturated carbocycles. The van der Waals surface area contributed by atoms with E-state index in [1.165, 1.54) is 57.8 Å². The molecule has 3 heteroatoms. The van der Waals surface area contributed by atoms with Crippen molar-refractivity contribution in [3.63, 3.8) is 0 Å². The van der Waals surface area contributed by atoms with Gasteiger partial charge in [0, 0.05) is 12.6 Å². The van der Waals surface area contributed by atoms with Crippen LogP contribution in [-0.2, 0) is 0 Å². The minimum Gasteiger partial charge on any atom is -0.338 e. The summed E-state index contributed by atoms with van der Waals surface area (Å²) >= 11 is 0. The molecule has 0 heterocycles. The number of nitrogens with one attached hydrogen (secondary N) is 2. The van der Waals surface area contributed by atoms with Gasteiger partial charge in [-0.05, 0) is 19.8 Å². The molecule has 0 unspecified atom stereocenters. The quantitative estimate of drug-likeness (QED) is 0.769. The lowest BCUT2D eigenvalue weighted by Crippen LogP contribution is -2.42. The Balaban J connectivity index is 2.29. The van der Waals surface area contributed by atoms with E-state index in [9.17, 15) is 4.79 Å². The van der Waals surface area contributed by atoms with Crippen molar-refractivity contribution >= 4 is 6.03 Å². The first kappa shape index (κ1) is 15.3. The van der Waals surface area contributed by atoms with Crippen LogP contribution in [0.25, 0.3) is 0 Å². The summed E-state index contributed by atoms with van der Waals surface area (Å²) in [6.45, 7) is 2.67. The molecular weight excluding hydrogens is 224 g/mol. The molecule has 2 N–H and O–H groups in total. The third kappa shape index (κ3) is 7.57. The monoisotopic (exact) mass is 254 g/mol. The van der Waals surface area contributed by atoms with E-state index in [-0.39, 0.29) is 6.03 Å². The highest BCUT2D eigenvalue weighted by atomic mass is 16.2. The number of hydrogen-bond donors (Lipinski definition) is 2. The molecule has 1 fully saturated rings. The Hall–Kier alpha value is -0.730. The van der Waals surface area contributed by atoms with E-state index in [0.717, 1.165) is 12.8 Å². The van der Waals surface area contributed by atoms with Crippen molar-refractivity contribution in [1.29, 1.82) is 0 Å². The number of rotatable bonds is 2. The second-order valence-corrected chi connectivity index (χ2v) is 5.46. The summed E-state index contributed by atoms with van der Waals surface area (Å²) in [7, 11) is 0. The van der Waals surface area contributed by atoms with Gasteiger partial charge in [-0.2, -0.15) is 0 Å². The van der Waals surface area contributed by atoms with Crippen LogP contribution in [-0.4, -0.2) is 18.6 Å². The fourth-order valence-electron chi connectivity index (χ4n) is 2.70. The molecule has 0 aromatic carbocycles. The Morgan fingerprint density at radius 1 is 0.889 bits per heavy atom. The fourth-order valence-corrected chi connectivity index (χ4v) is 2.70. The molecule has 106 valence electrons. The van der Waals surface area contributed by atoms with Gasteiger partial charge in [-0.25, -0.2) is 4.79 Å². The summed E-state index contributed by atoms with van der Waals surface area (Å²) in [6.07, 6.45) is 14.4. The van der Waals surface area contributed by atoms with Gasteiger partial charge in [0.25, 0.3) is 0 Å². The lowest BCUT2D eigenvalue weighted by Gasteiger charge is -2.19. The van der Waals surface area contributed by atoms with Crippen molar-refractivity contribution in [2.45, 2.75) is 83.6 Å². The van der Waals surface area contributed by atoms with Crippen LogP contribution in [0.4, 0.5) is 4.79 Å². The van der Waals surface area contributed by atoms with Crippen LogP contribution in [0.15, 0.2) is 0 Å². The Morgan fingerprint density at radius 2 is 1.33 bits per heavy atom. The molecule has 0 aromatic heterocycles. The first-order valence-electron chi connectivity index (χ1n) is 7.87. The molecule has 0 aliphatic heterocycles. The fraction of sp³-hybridized carbons (Fsp3) is 0.933. The van der Waals surface area contributed by atoms with Crippen molar-refractivity contribution in [1.82, 2.24) is 10.6 Å². The van der Waals surface area contributed by atoms with Crippen molar-refractivity contribution < 1.29 is 4.79 Å². The number of urea groups is 1. The van der Waals surface area contributed by atoms with Gasteiger partial charge >= 0.3 is 6.03 Å². The minimum atomic E-state index is 0.00888. The first-order valence-corrected chi connectivity index (χ1v) is 7.87. The van der Waals surface area contributed by atoms with Gasteiger partial charge in [-0.1, -0.05) is 57.8 Å². The van der Waals surface area contributed by atoms with Crippen molar-refractivity contribution in [3.05, 3.63) is 0 Å². The highest BCUT2D eigenvalue weighted by molar-refractivity contribution is 5.74. The van der Waals surface area contributed by atoms with Gasteiger partial charge in [-0.3, -0.25) is 0 Å². The zero-order valence-corrected chi connectivity index (χ0v) is 12.0. The normalized spacial score (nSPS) is 20.5. The molecule has 0 aromatic rings. The Bertz CT molecular complexity index is 207. The largest absolute Gasteiger partial charge is 0.338 e. The lowest BCUT2D eigenvalue weighted by atomic mass is 9.98. The van der Waals surface area contributed by atoms with Crippen molar-refractivity contribution in [2.24, 2.45) is 0 Å². The molecule has 0 atom stereocenters. The molecule has 1 aliphatic rings. The molecule has 3 nitrogen and oxygen atoms in total. The molecule has 1 rings (SSSR count). The van der Waals surface area contributed by atoms with E-state index in [1.807, 2.05) is 6.92 Å². The Kier molecular flexibility index (Phi) is 8.70. The van der Waals surface area contributed by atoms with Crippen LogP contribution in [0, 0.1) is 0 Å². The number of hydrogen-bond acceptors (Lipinski definition) is 1. The molecular formula is C15H30N2O. The highest BCUT2D eigenvalue weighted by Crippen LogP contribution is 2.16. The number of carbonyl (C=O) groups is 1. The van der Waals surface area contributed by atoms with Crippen LogP contribution < -0.4 is 10.6 Å². The van der Waals surface area contributed by atoms with Crippen LogP contribution >= 0.6 is 0 Å². The molecule has 1 aliphatic carbocycles. The average Bonchev–Trinajstić information content (AvgIpc) is 2.33. The van der Waals surface area contributed by atoms with Gasteiger partial charge in [0.15, 0.2) is 0 Å². The van der Waals surface area contributed by atoms with Crippen LogP contribution in [0.2, 0.25) is 0 Å². The predicted molar refractivity (Wildman–Crippen MR) is 76.8 cm³/mol. The van der Waals surface area contributed by atoms with Gasteiger partial charge < -0.3 is 10.6 Å². The summed E-state index contributed by atoms with van der Waals surface area (Å²) in [5.41, 5.74) is 0. The maximum Gasteiger partial charge on any atom is 0.314 e. The number of amides is 2. The van der Waals surface area contributed by atoms with Gasteiger partial charge in [0.05, 0.1) is 0 Å². The average molecular weight is 254 g/mol. The lowest BCUT2D eigenvalue weighted by molar-refractivity contribution is 0.235. The van der Waals surface area contributed by atoms with Gasteiger partial charge in [0.1, 0.15) is 0 Å². The SMILES string of the molecule is CCNC(=O)NC1CCCCCCCCCCC1. The highest BCUT2D eigenvalue weighted by Gasteiger charge is 2.11. The molecule has 18 heavy (non-hydrogen) atoms. The molecule has 0 spiro atoms. The van der Waals surface area contributed by atoms with E-state index in [2.05, 4.69) is 10.6 Å². The summed E-state index contributed by atoms with van der Waals surface area (Å²) in [5.74, 6) is 0. The van der Waals surface area contributed by atoms with Gasteiger partial charge in [-0.15, -0.1) is 0 Å². The minimum absolute atomic E-state index is 0.00888. The molecule has 0 bridgehead atoms. The van der Waals surface area contributed by atoms with E-state index >= 15 is 0 Å². The zero-order chi connectivity index (χ0) is 13.1. The number of carbonyl (C=O) groups excluding carboxylic acids is 1. The van der Waals surface area contributed by atoms with E-state index in [1.54, 1.807) is 0 Å². The van der Waals surface area contributed by atoms with Crippen LogP contribution in [0.3, 0.4) is 0 Å². The van der Waals surface area contributed by atoms with Crippen LogP contribution in [0.1, 0.15) is 77.6 Å². The van der Waals surface area contributed by atoms with E-state index in [0.29, 0.717) is 12.6 Å². The van der Waals surface area contributed by atoms with Crippen LogP contribution in [0.5, 0.6) is 0 Å². The van der Waals surface area contributed by atoms with Gasteiger partial charge in [0.2, 0.25) is 0 Å². The van der Waals surface area contributed by atoms with E-state index in [4.69, 9.17) is 0 Å². The summed E-state index contributed by atoms with van der Waals surface area (Å²) < 4.78 is 0. The zero-order valence-electron chi connectivity index (χ0n) is 12.0. The summed E-state index contributed by atoms with van der Waals surface area (Å²) in [6, 6.07) is 0.394. The molecule has 0 radical (unpaired) electrons. The van der Waals surface area contributed by atoms with Crippen molar-refractivity contribution in [2.75, 3.05) is 6.54 Å². The predicted octanol–water partition coefficient (Wildman–Crippen LogP) is 3.98. The smallest absolute Gasteiger partial charge is 0.314 e. The molecule has 0 saturated heterocycles. The third-order valence-electron chi connectivity index (χ3n) is 3.78. The third-order valence-corrected chi connectivity index (χ3v) is 3.78. The maximum absolute atomic E-state index is 11.6. The summed E-state index contributed by atoms with van der Waals surface area (Å²) in [4.78, 5) is 11.6. The second-order valence-electron chi connectivity index (χ2n) is 5.46. The summed E-state index contributed by atoms with van der Waals surface area (Å²) in [5, 5.41) is 5.95. The van der Waals surface area contributed by atoms with E-state index < -0.39 is 0 Å². The van der Waals surface area contributed by atoms with Crippen molar-refractivity contribution in [3.8, 4) is 0 Å². The topological polar surface area (TPSA) is 41.1 Å². The Labute approximate surface area is 112 Å². The molecule has 2 amide bonds. The Morgan fingerprint density at radius 3 is 1.78 bits per heavy atom. The second kappa shape index (κ2) is 10.2. The standard InChI is InChI=1S/C15H30N2O/c1-2-16-15(18)17-14-12-10-8-6-4-3-5-7-9-11-13-14/h14H,2-13H2,1H3,(H2,16,17,18). The first-order chi connectivity index (χ1) is 8.83.